The number of hydrogen-bond acceptors (Lipinski definition) is 3. The molecular weight excluding hydrogens is 316 g/mol. The zero-order valence-electron chi connectivity index (χ0n) is 15.1. The minimum atomic E-state index is -0.253. The van der Waals surface area contributed by atoms with Crippen LogP contribution in [-0.2, 0) is 9.59 Å². The van der Waals surface area contributed by atoms with Crippen LogP contribution in [0.25, 0.3) is 0 Å². The summed E-state index contributed by atoms with van der Waals surface area (Å²) >= 11 is 0. The zero-order chi connectivity index (χ0) is 18.4. The Morgan fingerprint density at radius 1 is 1.04 bits per heavy atom. The van der Waals surface area contributed by atoms with E-state index in [-0.39, 0.29) is 25.0 Å². The Morgan fingerprint density at radius 2 is 1.72 bits per heavy atom. The first-order valence-corrected chi connectivity index (χ1v) is 8.16. The normalized spacial score (nSPS) is 10.2. The maximum Gasteiger partial charge on any atom is 0.260 e. The van der Waals surface area contributed by atoms with Crippen LogP contribution in [0.5, 0.6) is 5.75 Å². The lowest BCUT2D eigenvalue weighted by Crippen LogP contribution is -2.37. The van der Waals surface area contributed by atoms with Crippen molar-refractivity contribution in [3.8, 4) is 5.75 Å². The van der Waals surface area contributed by atoms with Crippen molar-refractivity contribution in [3.63, 3.8) is 0 Å². The number of anilines is 1. The third kappa shape index (κ3) is 5.35. The van der Waals surface area contributed by atoms with Crippen LogP contribution < -0.4 is 10.1 Å². The van der Waals surface area contributed by atoms with Crippen LogP contribution in [0.1, 0.15) is 16.7 Å². The van der Waals surface area contributed by atoms with Gasteiger partial charge < -0.3 is 15.0 Å². The van der Waals surface area contributed by atoms with Crippen molar-refractivity contribution in [1.82, 2.24) is 4.90 Å². The van der Waals surface area contributed by atoms with Crippen molar-refractivity contribution >= 4 is 17.5 Å². The lowest BCUT2D eigenvalue weighted by atomic mass is 10.1. The lowest BCUT2D eigenvalue weighted by molar-refractivity contribution is -0.135. The average molecular weight is 340 g/mol. The van der Waals surface area contributed by atoms with Crippen LogP contribution >= 0.6 is 0 Å². The molecule has 0 aliphatic carbocycles. The summed E-state index contributed by atoms with van der Waals surface area (Å²) in [6, 6.07) is 13.2. The Hall–Kier alpha value is -2.82. The van der Waals surface area contributed by atoms with E-state index in [4.69, 9.17) is 4.74 Å². The summed E-state index contributed by atoms with van der Waals surface area (Å²) in [5, 5.41) is 2.84. The molecule has 0 aromatic heterocycles. The van der Waals surface area contributed by atoms with E-state index in [1.165, 1.54) is 4.90 Å². The number of nitrogens with one attached hydrogen (secondary N) is 1. The summed E-state index contributed by atoms with van der Waals surface area (Å²) in [4.78, 5) is 25.6. The molecule has 0 radical (unpaired) electrons. The highest BCUT2D eigenvalue weighted by molar-refractivity contribution is 5.95. The molecule has 5 heteroatoms. The molecule has 132 valence electrons. The molecule has 0 unspecified atom stereocenters. The molecule has 1 N–H and O–H groups in total. The van der Waals surface area contributed by atoms with E-state index in [1.54, 1.807) is 7.05 Å². The SMILES string of the molecule is Cc1ccc(OCC(=O)N(C)CC(=O)Nc2cccc(C)c2C)cc1. The fraction of sp³-hybridized carbons (Fsp3) is 0.300. The van der Waals surface area contributed by atoms with Crippen LogP contribution in [0.15, 0.2) is 42.5 Å². The largest absolute Gasteiger partial charge is 0.484 e. The fourth-order valence-corrected chi connectivity index (χ4v) is 2.27. The molecule has 0 aliphatic rings. The van der Waals surface area contributed by atoms with Crippen LogP contribution in [-0.4, -0.2) is 36.9 Å². The van der Waals surface area contributed by atoms with Crippen LogP contribution in [0, 0.1) is 20.8 Å². The molecule has 0 aliphatic heterocycles. The van der Waals surface area contributed by atoms with Crippen LogP contribution in [0.2, 0.25) is 0 Å². The van der Waals surface area contributed by atoms with Crippen molar-refractivity contribution in [2.24, 2.45) is 0 Å². The van der Waals surface area contributed by atoms with Gasteiger partial charge in [0.15, 0.2) is 6.61 Å². The first-order valence-electron chi connectivity index (χ1n) is 8.16. The summed E-state index contributed by atoms with van der Waals surface area (Å²) in [6.07, 6.45) is 0. The Labute approximate surface area is 148 Å². The first kappa shape index (κ1) is 18.5. The standard InChI is InChI=1S/C20H24N2O3/c1-14-8-10-17(11-9-14)25-13-20(24)22(4)12-19(23)21-18-7-5-6-15(2)16(18)3/h5-11H,12-13H2,1-4H3,(H,21,23). The van der Waals surface area contributed by atoms with E-state index in [1.807, 2.05) is 63.2 Å². The maximum atomic E-state index is 12.2. The van der Waals surface area contributed by atoms with E-state index in [0.29, 0.717) is 5.75 Å². The van der Waals surface area contributed by atoms with Gasteiger partial charge in [0.1, 0.15) is 5.75 Å². The second-order valence-corrected chi connectivity index (χ2v) is 6.15. The van der Waals surface area contributed by atoms with Gasteiger partial charge in [-0.3, -0.25) is 9.59 Å². The highest BCUT2D eigenvalue weighted by atomic mass is 16.5. The summed E-state index contributed by atoms with van der Waals surface area (Å²) in [6.45, 7) is 5.80. The van der Waals surface area contributed by atoms with Crippen molar-refractivity contribution in [1.29, 1.82) is 0 Å². The number of benzene rings is 2. The topological polar surface area (TPSA) is 58.6 Å². The minimum absolute atomic E-state index is 0.0243. The van der Waals surface area contributed by atoms with Crippen molar-refractivity contribution in [3.05, 3.63) is 59.2 Å². The molecule has 0 atom stereocenters. The molecule has 2 aromatic carbocycles. The van der Waals surface area contributed by atoms with Crippen molar-refractivity contribution in [2.45, 2.75) is 20.8 Å². The van der Waals surface area contributed by atoms with Crippen molar-refractivity contribution in [2.75, 3.05) is 25.5 Å². The molecule has 5 nitrogen and oxygen atoms in total. The second kappa shape index (κ2) is 8.33. The van der Waals surface area contributed by atoms with Gasteiger partial charge in [-0.1, -0.05) is 29.8 Å². The van der Waals surface area contributed by atoms with Gasteiger partial charge in [-0.05, 0) is 50.1 Å². The number of nitrogens with zero attached hydrogens (tertiary/aromatic N) is 1. The van der Waals surface area contributed by atoms with Gasteiger partial charge in [0.2, 0.25) is 5.91 Å². The first-order chi connectivity index (χ1) is 11.9. The van der Waals surface area contributed by atoms with Gasteiger partial charge in [-0.25, -0.2) is 0 Å². The Morgan fingerprint density at radius 3 is 2.40 bits per heavy atom. The predicted octanol–water partition coefficient (Wildman–Crippen LogP) is 3.09. The second-order valence-electron chi connectivity index (χ2n) is 6.15. The molecule has 0 spiro atoms. The number of carbonyl (C=O) groups excluding carboxylic acids is 2. The van der Waals surface area contributed by atoms with E-state index in [0.717, 1.165) is 22.4 Å². The quantitative estimate of drug-likeness (QED) is 0.879. The Kier molecular flexibility index (Phi) is 6.17. The van der Waals surface area contributed by atoms with Gasteiger partial charge in [-0.2, -0.15) is 0 Å². The lowest BCUT2D eigenvalue weighted by Gasteiger charge is -2.18. The van der Waals surface area contributed by atoms with E-state index in [2.05, 4.69) is 5.32 Å². The van der Waals surface area contributed by atoms with E-state index in [9.17, 15) is 9.59 Å². The average Bonchev–Trinajstić information content (AvgIpc) is 2.58. The predicted molar refractivity (Wildman–Crippen MR) is 98.9 cm³/mol. The van der Waals surface area contributed by atoms with Crippen LogP contribution in [0.4, 0.5) is 5.69 Å². The Bertz CT molecular complexity index is 754. The summed E-state index contributed by atoms with van der Waals surface area (Å²) < 4.78 is 5.46. The van der Waals surface area contributed by atoms with Gasteiger partial charge >= 0.3 is 0 Å². The van der Waals surface area contributed by atoms with Gasteiger partial charge in [0.05, 0.1) is 6.54 Å². The molecule has 2 amide bonds. The number of amides is 2. The summed E-state index contributed by atoms with van der Waals surface area (Å²) in [5.74, 6) is 0.142. The van der Waals surface area contributed by atoms with Crippen LogP contribution in [0.3, 0.4) is 0 Å². The highest BCUT2D eigenvalue weighted by Crippen LogP contribution is 2.17. The fourth-order valence-electron chi connectivity index (χ4n) is 2.27. The van der Waals surface area contributed by atoms with Crippen molar-refractivity contribution < 1.29 is 14.3 Å². The smallest absolute Gasteiger partial charge is 0.260 e. The number of aryl methyl sites for hydroxylation is 2. The molecule has 2 aromatic rings. The highest BCUT2D eigenvalue weighted by Gasteiger charge is 2.14. The monoisotopic (exact) mass is 340 g/mol. The summed E-state index contributed by atoms with van der Waals surface area (Å²) in [5.41, 5.74) is 4.02. The van der Waals surface area contributed by atoms with Gasteiger partial charge in [0, 0.05) is 12.7 Å². The minimum Gasteiger partial charge on any atom is -0.484 e. The summed E-state index contributed by atoms with van der Waals surface area (Å²) in [7, 11) is 1.59. The molecule has 0 saturated heterocycles. The number of hydrogen-bond donors (Lipinski definition) is 1. The molecule has 0 heterocycles. The third-order valence-corrected chi connectivity index (χ3v) is 4.07. The zero-order valence-corrected chi connectivity index (χ0v) is 15.1. The molecule has 2 rings (SSSR count). The molecular formula is C20H24N2O3. The molecule has 25 heavy (non-hydrogen) atoms. The maximum absolute atomic E-state index is 12.2. The van der Waals surface area contributed by atoms with Gasteiger partial charge in [-0.15, -0.1) is 0 Å². The van der Waals surface area contributed by atoms with Gasteiger partial charge in [0.25, 0.3) is 5.91 Å². The molecule has 0 saturated carbocycles. The number of ether oxygens (including phenoxy) is 1. The third-order valence-electron chi connectivity index (χ3n) is 4.07. The Balaban J connectivity index is 1.84. The number of rotatable bonds is 6. The molecule has 0 bridgehead atoms. The number of likely N-dealkylation sites (N-methyl/N-ethyl adjacent to an activating group) is 1. The number of carbonyl (C=O) groups is 2. The van der Waals surface area contributed by atoms with E-state index < -0.39 is 0 Å². The van der Waals surface area contributed by atoms with E-state index >= 15 is 0 Å². The molecule has 0 fully saturated rings.